The van der Waals surface area contributed by atoms with Gasteiger partial charge in [-0.2, -0.15) is 19.2 Å². The summed E-state index contributed by atoms with van der Waals surface area (Å²) in [6.07, 6.45) is 12.3. The van der Waals surface area contributed by atoms with Gasteiger partial charge in [0.1, 0.15) is 28.9 Å². The third kappa shape index (κ3) is 15.0. The predicted octanol–water partition coefficient (Wildman–Crippen LogP) is 8.51. The van der Waals surface area contributed by atoms with Crippen LogP contribution in [0.1, 0.15) is 142 Å². The van der Waals surface area contributed by atoms with Gasteiger partial charge in [-0.3, -0.25) is 19.0 Å². The van der Waals surface area contributed by atoms with Gasteiger partial charge in [0.15, 0.2) is 11.3 Å². The normalized spacial score (nSPS) is 19.7. The van der Waals surface area contributed by atoms with Crippen LogP contribution in [0.3, 0.4) is 0 Å². The van der Waals surface area contributed by atoms with Gasteiger partial charge < -0.3 is 45.2 Å². The first-order chi connectivity index (χ1) is 41.4. The van der Waals surface area contributed by atoms with E-state index < -0.39 is 31.7 Å². The molecule has 29 heteroatoms. The van der Waals surface area contributed by atoms with Gasteiger partial charge in [0.05, 0.1) is 58.5 Å². The average molecular weight is 1310 g/mol. The van der Waals surface area contributed by atoms with Crippen LogP contribution in [0.5, 0.6) is 0 Å². The fraction of sp³-hybridized carbons (Fsp3) is 0.542. The first-order valence-corrected chi connectivity index (χ1v) is 34.7. The van der Waals surface area contributed by atoms with E-state index >= 15 is 0 Å². The van der Waals surface area contributed by atoms with Gasteiger partial charge in [0, 0.05) is 112 Å². The molecule has 6 aromatic rings. The third-order valence-electron chi connectivity index (χ3n) is 16.8. The zero-order valence-electron chi connectivity index (χ0n) is 50.3. The van der Waals surface area contributed by atoms with Crippen molar-refractivity contribution < 1.29 is 36.0 Å². The molecule has 3 amide bonds. The average Bonchev–Trinajstić information content (AvgIpc) is 2.44. The number of likely N-dealkylation sites (tertiary alicyclic amines) is 2. The third-order valence-corrected chi connectivity index (χ3v) is 18.5. The van der Waals surface area contributed by atoms with Crippen molar-refractivity contribution in [3.63, 3.8) is 0 Å². The van der Waals surface area contributed by atoms with Gasteiger partial charge in [0.2, 0.25) is 20.0 Å². The Balaban J connectivity index is 0.000000195. The molecule has 0 aliphatic carbocycles. The number of piperidine rings is 4. The minimum Gasteiger partial charge on any atom is -0.444 e. The number of sulfonamides is 2. The minimum absolute atomic E-state index is 0. The van der Waals surface area contributed by atoms with Gasteiger partial charge >= 0.3 is 6.09 Å². The van der Waals surface area contributed by atoms with Gasteiger partial charge in [-0.05, 0) is 134 Å². The zero-order valence-corrected chi connectivity index (χ0v) is 54.3. The van der Waals surface area contributed by atoms with Crippen molar-refractivity contribution in [2.45, 2.75) is 128 Å². The van der Waals surface area contributed by atoms with E-state index in [1.54, 1.807) is 21.9 Å². The number of nitrogens with zero attached hydrogens (tertiary/aromatic N) is 12. The van der Waals surface area contributed by atoms with Crippen LogP contribution in [0.25, 0.3) is 11.3 Å². The summed E-state index contributed by atoms with van der Waals surface area (Å²) in [5.41, 5.74) is 9.41. The van der Waals surface area contributed by atoms with E-state index in [2.05, 4.69) is 46.5 Å². The second kappa shape index (κ2) is 26.5. The molecule has 0 radical (unpaired) electrons. The van der Waals surface area contributed by atoms with Crippen LogP contribution in [0.2, 0.25) is 10.0 Å². The van der Waals surface area contributed by atoms with Gasteiger partial charge in [-0.1, -0.05) is 23.2 Å². The smallest absolute Gasteiger partial charge is 0.407 e. The number of amides is 3. The van der Waals surface area contributed by atoms with Crippen LogP contribution in [-0.2, 0) is 24.8 Å². The predicted molar refractivity (Wildman–Crippen MR) is 346 cm³/mol. The van der Waals surface area contributed by atoms with Crippen LogP contribution in [0.15, 0.2) is 60.7 Å². The van der Waals surface area contributed by atoms with E-state index in [4.69, 9.17) is 53.8 Å². The molecule has 0 spiro atoms. The molecular weight excluding hydrogens is 1230 g/mol. The SMILES string of the molecule is CC(C)(C)OC(=O)NC1CCN(c2cc(N3CCC3)nc3cc([C@@H]4CCCCN4C(=O)c4cc(Cl)ccc4NS(C)(=O)=O)nn23)CC1.CS(=O)(=O)Nc1ccc(Cl)cc1C(=O)N1CCCC[C@H]1c1cc2nc(N3CCC3)cc(N3CCC(N)CC3)n2n1.Cl. The summed E-state index contributed by atoms with van der Waals surface area (Å²) in [7, 11) is -7.22. The number of nitrogens with one attached hydrogen (secondary N) is 3. The molecule has 6 aliphatic rings. The molecule has 6 saturated heterocycles. The van der Waals surface area contributed by atoms with E-state index in [-0.39, 0.29) is 70.9 Å². The van der Waals surface area contributed by atoms with Gasteiger partial charge in [-0.15, -0.1) is 12.4 Å². The Labute approximate surface area is 530 Å². The highest BCUT2D eigenvalue weighted by Gasteiger charge is 2.36. The van der Waals surface area contributed by atoms with Crippen molar-refractivity contribution in [3.05, 3.63) is 93.2 Å². The molecule has 88 heavy (non-hydrogen) atoms. The molecule has 6 aliphatic heterocycles. The second-order valence-electron chi connectivity index (χ2n) is 24.7. The van der Waals surface area contributed by atoms with Crippen molar-refractivity contribution in [3.8, 4) is 0 Å². The molecule has 12 rings (SSSR count). The molecule has 24 nitrogen and oxygen atoms in total. The summed E-state index contributed by atoms with van der Waals surface area (Å²) >= 11 is 12.5. The monoisotopic (exact) mass is 1310 g/mol. The number of carbonyl (C=O) groups is 3. The summed E-state index contributed by atoms with van der Waals surface area (Å²) < 4.78 is 62.3. The Bertz CT molecular complexity index is 3790. The summed E-state index contributed by atoms with van der Waals surface area (Å²) in [5.74, 6) is 3.16. The topological polar surface area (TPSA) is 271 Å². The number of alkyl carbamates (subject to hydrolysis) is 1. The Morgan fingerprint density at radius 2 is 0.977 bits per heavy atom. The number of rotatable bonds is 13. The van der Waals surface area contributed by atoms with Crippen molar-refractivity contribution in [1.29, 1.82) is 0 Å². The summed E-state index contributed by atoms with van der Waals surface area (Å²) in [6, 6.07) is 17.0. The fourth-order valence-corrected chi connectivity index (χ4v) is 13.7. The Morgan fingerprint density at radius 3 is 1.36 bits per heavy atom. The van der Waals surface area contributed by atoms with Crippen LogP contribution < -0.4 is 40.1 Å². The number of hydrogen-bond acceptors (Lipinski definition) is 17. The lowest BCUT2D eigenvalue weighted by atomic mass is 9.98. The number of ether oxygens (including phenoxy) is 1. The number of anilines is 6. The maximum Gasteiger partial charge on any atom is 0.407 e. The quantitative estimate of drug-likeness (QED) is 0.0843. The lowest BCUT2D eigenvalue weighted by molar-refractivity contribution is 0.0495. The Kier molecular flexibility index (Phi) is 19.4. The number of nitrogens with two attached hydrogens (primary N) is 1. The van der Waals surface area contributed by atoms with E-state index in [0.717, 1.165) is 163 Å². The first kappa shape index (κ1) is 64.4. The number of aromatic nitrogens is 6. The van der Waals surface area contributed by atoms with Crippen molar-refractivity contribution in [1.82, 2.24) is 44.3 Å². The lowest BCUT2D eigenvalue weighted by Gasteiger charge is -2.36. The van der Waals surface area contributed by atoms with Crippen LogP contribution in [0.4, 0.5) is 39.4 Å². The number of fused-ring (bicyclic) bond motifs is 2. The van der Waals surface area contributed by atoms with Gasteiger partial charge in [0.25, 0.3) is 11.8 Å². The van der Waals surface area contributed by atoms with Crippen LogP contribution >= 0.6 is 35.6 Å². The molecule has 2 aromatic carbocycles. The van der Waals surface area contributed by atoms with Crippen LogP contribution in [0, 0.1) is 0 Å². The number of halogens is 3. The van der Waals surface area contributed by atoms with E-state index in [1.165, 1.54) is 24.3 Å². The molecule has 4 aromatic heterocycles. The number of carbonyl (C=O) groups excluding carboxylic acids is 3. The highest BCUT2D eigenvalue weighted by atomic mass is 35.5. The molecule has 5 N–H and O–H groups in total. The van der Waals surface area contributed by atoms with E-state index in [1.807, 2.05) is 41.9 Å². The number of hydrogen-bond donors (Lipinski definition) is 4. The fourth-order valence-electron chi connectivity index (χ4n) is 12.2. The van der Waals surface area contributed by atoms with Crippen molar-refractivity contribution in [2.24, 2.45) is 5.73 Å². The molecule has 0 bridgehead atoms. The van der Waals surface area contributed by atoms with Crippen molar-refractivity contribution in [2.75, 3.05) is 107 Å². The van der Waals surface area contributed by atoms with Crippen LogP contribution in [-0.4, -0.2) is 169 Å². The largest absolute Gasteiger partial charge is 0.444 e. The summed E-state index contributed by atoms with van der Waals surface area (Å²) in [6.45, 7) is 13.6. The molecule has 0 unspecified atom stereocenters. The molecule has 10 heterocycles. The van der Waals surface area contributed by atoms with Gasteiger partial charge in [-0.25, -0.2) is 31.6 Å². The standard InChI is InChI=1S/C32H43ClN8O5S.C27H35ClN8O3S.ClH/c1-32(2,3)46-31(43)34-22-11-16-39(17-12-22)29-20-27(38-13-7-14-38)35-28-19-25(36-41(28)29)26-8-5-6-15-40(26)30(42)23-18-21(33)9-10-24(23)37-47(4,44)45;1-40(38,39)32-21-7-6-18(28)15-20(21)27(37)35-12-3-2-5-23(35)22-16-25-30-24(33-10-4-11-33)17-26(36(25)31-22)34-13-8-19(29)9-14-34;/h9-10,18-20,22,26,37H,5-8,11-17H2,1-4H3,(H,34,43);6-7,15-17,19,23,32H,2-5,8-14,29H2,1H3;1H/t26-;23-;/m00./s1. The molecule has 0 saturated carbocycles. The number of benzene rings is 2. The first-order valence-electron chi connectivity index (χ1n) is 30.1. The molecular formula is C59H79Cl3N16O8S2. The van der Waals surface area contributed by atoms with E-state index in [0.29, 0.717) is 48.3 Å². The second-order valence-corrected chi connectivity index (χ2v) is 29.1. The molecule has 2 atom stereocenters. The van der Waals surface area contributed by atoms with Crippen molar-refractivity contribution >= 4 is 120 Å². The maximum absolute atomic E-state index is 14.1. The minimum atomic E-state index is -3.62. The molecule has 6 fully saturated rings. The van der Waals surface area contributed by atoms with E-state index in [9.17, 15) is 31.2 Å². The molecule has 476 valence electrons. The summed E-state index contributed by atoms with van der Waals surface area (Å²) in [5, 5.41) is 13.8. The maximum atomic E-state index is 14.1. The highest BCUT2D eigenvalue weighted by Crippen LogP contribution is 2.39. The zero-order chi connectivity index (χ0) is 61.5. The Hall–Kier alpha value is -6.58. The Morgan fingerprint density at radius 1 is 0.557 bits per heavy atom. The lowest BCUT2D eigenvalue weighted by Crippen LogP contribution is -2.46. The highest BCUT2D eigenvalue weighted by molar-refractivity contribution is 7.92. The summed E-state index contributed by atoms with van der Waals surface area (Å²) in [4.78, 5) is 63.0.